The van der Waals surface area contributed by atoms with E-state index in [1.54, 1.807) is 0 Å². The maximum atomic E-state index is 5.06. The van der Waals surface area contributed by atoms with E-state index in [0.29, 0.717) is 12.1 Å². The first-order valence-corrected chi connectivity index (χ1v) is 9.47. The highest BCUT2D eigenvalue weighted by atomic mass is 15.0. The van der Waals surface area contributed by atoms with Gasteiger partial charge in [0.05, 0.1) is 6.04 Å². The van der Waals surface area contributed by atoms with Crippen LogP contribution in [0.1, 0.15) is 69.8 Å². The van der Waals surface area contributed by atoms with Crippen LogP contribution in [0.4, 0.5) is 0 Å². The van der Waals surface area contributed by atoms with Crippen LogP contribution in [0.5, 0.6) is 0 Å². The molecule has 23 heavy (non-hydrogen) atoms. The SMILES string of the molecule is C(=C\c1ccccc1)/C(=NC1CCCCC1)NC1CCCCC1. The Morgan fingerprint density at radius 2 is 1.52 bits per heavy atom. The maximum absolute atomic E-state index is 5.06. The van der Waals surface area contributed by atoms with E-state index in [9.17, 15) is 0 Å². The molecule has 0 unspecified atom stereocenters. The Hall–Kier alpha value is -1.57. The predicted octanol–water partition coefficient (Wildman–Crippen LogP) is 5.35. The van der Waals surface area contributed by atoms with Gasteiger partial charge in [-0.2, -0.15) is 0 Å². The lowest BCUT2D eigenvalue weighted by Gasteiger charge is -2.25. The normalized spacial score (nSPS) is 21.7. The summed E-state index contributed by atoms with van der Waals surface area (Å²) in [7, 11) is 0. The van der Waals surface area contributed by atoms with Crippen LogP contribution < -0.4 is 5.32 Å². The molecule has 2 fully saturated rings. The Balaban J connectivity index is 1.69. The van der Waals surface area contributed by atoms with Crippen molar-refractivity contribution in [2.24, 2.45) is 4.99 Å². The summed E-state index contributed by atoms with van der Waals surface area (Å²) in [6.07, 6.45) is 17.7. The summed E-state index contributed by atoms with van der Waals surface area (Å²) in [6, 6.07) is 11.7. The average Bonchev–Trinajstić information content (AvgIpc) is 2.62. The molecule has 0 aromatic heterocycles. The zero-order valence-electron chi connectivity index (χ0n) is 14.2. The molecule has 0 spiro atoms. The van der Waals surface area contributed by atoms with Crippen molar-refractivity contribution in [3.63, 3.8) is 0 Å². The molecular formula is C21H30N2. The first-order chi connectivity index (χ1) is 11.4. The summed E-state index contributed by atoms with van der Waals surface area (Å²) in [5.41, 5.74) is 1.24. The second-order valence-electron chi connectivity index (χ2n) is 7.03. The van der Waals surface area contributed by atoms with Gasteiger partial charge in [0.15, 0.2) is 0 Å². The first-order valence-electron chi connectivity index (χ1n) is 9.47. The molecule has 0 heterocycles. The van der Waals surface area contributed by atoms with Crippen LogP contribution in [-0.4, -0.2) is 17.9 Å². The van der Waals surface area contributed by atoms with Gasteiger partial charge < -0.3 is 5.32 Å². The Kier molecular flexibility index (Phi) is 6.31. The molecule has 2 nitrogen and oxygen atoms in total. The van der Waals surface area contributed by atoms with E-state index >= 15 is 0 Å². The number of nitrogens with zero attached hydrogens (tertiary/aromatic N) is 1. The number of benzene rings is 1. The highest BCUT2D eigenvalue weighted by Crippen LogP contribution is 2.21. The van der Waals surface area contributed by atoms with Gasteiger partial charge in [-0.1, -0.05) is 74.9 Å². The molecule has 0 radical (unpaired) electrons. The van der Waals surface area contributed by atoms with Gasteiger partial charge in [0.2, 0.25) is 0 Å². The molecule has 2 aliphatic carbocycles. The van der Waals surface area contributed by atoms with Gasteiger partial charge in [-0.25, -0.2) is 0 Å². The summed E-state index contributed by atoms with van der Waals surface area (Å²) in [5.74, 6) is 1.10. The lowest BCUT2D eigenvalue weighted by Crippen LogP contribution is -2.36. The van der Waals surface area contributed by atoms with Crippen LogP contribution >= 0.6 is 0 Å². The Morgan fingerprint density at radius 3 is 2.22 bits per heavy atom. The highest BCUT2D eigenvalue weighted by Gasteiger charge is 2.16. The molecule has 2 saturated carbocycles. The van der Waals surface area contributed by atoms with Crippen molar-refractivity contribution in [3.05, 3.63) is 42.0 Å². The summed E-state index contributed by atoms with van der Waals surface area (Å²) >= 11 is 0. The number of rotatable bonds is 4. The van der Waals surface area contributed by atoms with E-state index < -0.39 is 0 Å². The third kappa shape index (κ3) is 5.53. The molecule has 0 amide bonds. The van der Waals surface area contributed by atoms with Gasteiger partial charge >= 0.3 is 0 Å². The third-order valence-electron chi connectivity index (χ3n) is 5.09. The van der Waals surface area contributed by atoms with Gasteiger partial charge in [0.25, 0.3) is 0 Å². The van der Waals surface area contributed by atoms with E-state index in [1.165, 1.54) is 69.8 Å². The number of hydrogen-bond acceptors (Lipinski definition) is 1. The van der Waals surface area contributed by atoms with Crippen LogP contribution in [0.3, 0.4) is 0 Å². The van der Waals surface area contributed by atoms with Crippen molar-refractivity contribution in [2.75, 3.05) is 0 Å². The fourth-order valence-electron chi connectivity index (χ4n) is 3.73. The fourth-order valence-corrected chi connectivity index (χ4v) is 3.73. The lowest BCUT2D eigenvalue weighted by molar-refractivity contribution is 0.409. The first kappa shape index (κ1) is 16.3. The molecule has 2 heteroatoms. The lowest BCUT2D eigenvalue weighted by atomic mass is 9.95. The van der Waals surface area contributed by atoms with Crippen LogP contribution in [-0.2, 0) is 0 Å². The van der Waals surface area contributed by atoms with E-state index in [2.05, 4.69) is 47.8 Å². The van der Waals surface area contributed by atoms with E-state index in [1.807, 2.05) is 0 Å². The molecule has 1 aromatic rings. The topological polar surface area (TPSA) is 24.4 Å². The Morgan fingerprint density at radius 1 is 0.870 bits per heavy atom. The second-order valence-corrected chi connectivity index (χ2v) is 7.03. The minimum Gasteiger partial charge on any atom is -0.368 e. The van der Waals surface area contributed by atoms with E-state index in [4.69, 9.17) is 4.99 Å². The monoisotopic (exact) mass is 310 g/mol. The number of nitrogens with one attached hydrogen (secondary N) is 1. The second kappa shape index (κ2) is 8.90. The van der Waals surface area contributed by atoms with Crippen LogP contribution in [0.2, 0.25) is 0 Å². The van der Waals surface area contributed by atoms with E-state index in [-0.39, 0.29) is 0 Å². The largest absolute Gasteiger partial charge is 0.368 e. The van der Waals surface area contributed by atoms with Crippen LogP contribution in [0, 0.1) is 0 Å². The maximum Gasteiger partial charge on any atom is 0.121 e. The third-order valence-corrected chi connectivity index (χ3v) is 5.09. The van der Waals surface area contributed by atoms with Crippen molar-refractivity contribution < 1.29 is 0 Å². The molecule has 1 aromatic carbocycles. The quantitative estimate of drug-likeness (QED) is 0.588. The summed E-state index contributed by atoms with van der Waals surface area (Å²) in [4.78, 5) is 5.06. The summed E-state index contributed by atoms with van der Waals surface area (Å²) < 4.78 is 0. The standard InChI is InChI=1S/C21H30N2/c1-4-10-18(11-5-1)16-17-21(22-19-12-6-2-7-13-19)23-20-14-8-3-9-15-20/h1,4-5,10-11,16-17,19-20H,2-3,6-9,12-15H2,(H,22,23)/b17-16+. The number of aliphatic imine (C=N–C) groups is 1. The van der Waals surface area contributed by atoms with Crippen molar-refractivity contribution in [2.45, 2.75) is 76.3 Å². The molecular weight excluding hydrogens is 280 g/mol. The van der Waals surface area contributed by atoms with Gasteiger partial charge in [-0.15, -0.1) is 0 Å². The predicted molar refractivity (Wildman–Crippen MR) is 99.8 cm³/mol. The van der Waals surface area contributed by atoms with Crippen LogP contribution in [0.15, 0.2) is 41.4 Å². The molecule has 0 bridgehead atoms. The summed E-state index contributed by atoms with van der Waals surface area (Å²) in [6.45, 7) is 0. The summed E-state index contributed by atoms with van der Waals surface area (Å²) in [5, 5.41) is 3.74. The number of hydrogen-bond donors (Lipinski definition) is 1. The Labute approximate surface area is 141 Å². The molecule has 3 rings (SSSR count). The number of amidine groups is 1. The van der Waals surface area contributed by atoms with Gasteiger partial charge in [-0.3, -0.25) is 4.99 Å². The molecule has 0 saturated heterocycles. The molecule has 1 N–H and O–H groups in total. The molecule has 0 atom stereocenters. The van der Waals surface area contributed by atoms with E-state index in [0.717, 1.165) is 5.84 Å². The van der Waals surface area contributed by atoms with Crippen LogP contribution in [0.25, 0.3) is 6.08 Å². The Bertz CT molecular complexity index is 506. The van der Waals surface area contributed by atoms with Crippen molar-refractivity contribution >= 4 is 11.9 Å². The molecule has 0 aliphatic heterocycles. The van der Waals surface area contributed by atoms with Crippen molar-refractivity contribution in [1.29, 1.82) is 0 Å². The smallest absolute Gasteiger partial charge is 0.121 e. The fraction of sp³-hybridized carbons (Fsp3) is 0.571. The average molecular weight is 310 g/mol. The zero-order valence-corrected chi connectivity index (χ0v) is 14.2. The van der Waals surface area contributed by atoms with Gasteiger partial charge in [-0.05, 0) is 37.3 Å². The van der Waals surface area contributed by atoms with Crippen molar-refractivity contribution in [3.8, 4) is 0 Å². The molecule has 124 valence electrons. The minimum atomic E-state index is 0.523. The van der Waals surface area contributed by atoms with Gasteiger partial charge in [0, 0.05) is 6.04 Å². The van der Waals surface area contributed by atoms with Gasteiger partial charge in [0.1, 0.15) is 5.84 Å². The molecule has 2 aliphatic rings. The zero-order chi connectivity index (χ0) is 15.7. The minimum absolute atomic E-state index is 0.523. The van der Waals surface area contributed by atoms with Crippen molar-refractivity contribution in [1.82, 2.24) is 5.32 Å². The highest BCUT2D eigenvalue weighted by molar-refractivity contribution is 5.96.